The monoisotopic (exact) mass is 221 g/mol. The minimum atomic E-state index is 0.344. The zero-order chi connectivity index (χ0) is 11.3. The fraction of sp³-hybridized carbons (Fsp3) is 0.364. The number of nitrogen functional groups attached to an aromatic ring is 1. The first-order valence-electron chi connectivity index (χ1n) is 4.73. The molecule has 0 aromatic heterocycles. The Morgan fingerprint density at radius 3 is 2.93 bits per heavy atom. The maximum Gasteiger partial charge on any atom is 0.101 e. The average Bonchev–Trinajstić information content (AvgIpc) is 2.21. The van der Waals surface area contributed by atoms with Gasteiger partial charge in [-0.25, -0.2) is 0 Å². The fourth-order valence-corrected chi connectivity index (χ4v) is 1.93. The molecule has 4 heteroatoms. The highest BCUT2D eigenvalue weighted by molar-refractivity contribution is 7.98. The summed E-state index contributed by atoms with van der Waals surface area (Å²) in [5, 5.41) is 12.1. The summed E-state index contributed by atoms with van der Waals surface area (Å²) in [6.45, 7) is 2.09. The Bertz CT molecular complexity index is 371. The first kappa shape index (κ1) is 11.7. The summed E-state index contributed by atoms with van der Waals surface area (Å²) < 4.78 is 0. The van der Waals surface area contributed by atoms with Crippen molar-refractivity contribution in [3.63, 3.8) is 0 Å². The lowest BCUT2D eigenvalue weighted by Crippen LogP contribution is -2.18. The topological polar surface area (TPSA) is 61.8 Å². The number of rotatable bonds is 4. The van der Waals surface area contributed by atoms with Crippen molar-refractivity contribution in [2.24, 2.45) is 0 Å². The molecule has 1 atom stereocenters. The van der Waals surface area contributed by atoms with Gasteiger partial charge >= 0.3 is 0 Å². The van der Waals surface area contributed by atoms with Gasteiger partial charge in [0.2, 0.25) is 0 Å². The lowest BCUT2D eigenvalue weighted by molar-refractivity contribution is 0.915. The molecular formula is C11H15N3S. The first-order chi connectivity index (χ1) is 7.19. The van der Waals surface area contributed by atoms with E-state index in [-0.39, 0.29) is 0 Å². The number of nitrogens with zero attached hydrogens (tertiary/aromatic N) is 1. The van der Waals surface area contributed by atoms with Crippen molar-refractivity contribution in [3.8, 4) is 6.07 Å². The van der Waals surface area contributed by atoms with Crippen molar-refractivity contribution in [2.45, 2.75) is 13.0 Å². The van der Waals surface area contributed by atoms with Crippen molar-refractivity contribution in [3.05, 3.63) is 23.8 Å². The molecule has 1 unspecified atom stereocenters. The molecule has 1 aromatic carbocycles. The summed E-state index contributed by atoms with van der Waals surface area (Å²) in [5.74, 6) is 1.01. The second-order valence-corrected chi connectivity index (χ2v) is 4.29. The molecule has 0 fully saturated rings. The molecule has 0 aliphatic rings. The van der Waals surface area contributed by atoms with E-state index >= 15 is 0 Å². The van der Waals surface area contributed by atoms with Gasteiger partial charge in [-0.15, -0.1) is 0 Å². The summed E-state index contributed by atoms with van der Waals surface area (Å²) in [4.78, 5) is 0. The van der Waals surface area contributed by atoms with E-state index in [1.54, 1.807) is 17.8 Å². The maximum absolute atomic E-state index is 8.82. The van der Waals surface area contributed by atoms with Crippen LogP contribution in [0.3, 0.4) is 0 Å². The van der Waals surface area contributed by atoms with E-state index in [0.717, 1.165) is 11.4 Å². The number of para-hydroxylation sites is 1. The highest BCUT2D eigenvalue weighted by atomic mass is 32.2. The van der Waals surface area contributed by atoms with E-state index in [2.05, 4.69) is 24.6 Å². The molecule has 80 valence electrons. The lowest BCUT2D eigenvalue weighted by Gasteiger charge is -2.16. The van der Waals surface area contributed by atoms with Crippen LogP contribution in [0.1, 0.15) is 12.5 Å². The molecule has 1 rings (SSSR count). The van der Waals surface area contributed by atoms with Crippen molar-refractivity contribution < 1.29 is 0 Å². The van der Waals surface area contributed by atoms with Gasteiger partial charge in [0.15, 0.2) is 0 Å². The second-order valence-electron chi connectivity index (χ2n) is 3.38. The lowest BCUT2D eigenvalue weighted by atomic mass is 10.1. The van der Waals surface area contributed by atoms with Gasteiger partial charge < -0.3 is 11.1 Å². The quantitative estimate of drug-likeness (QED) is 0.766. The number of nitrogens with two attached hydrogens (primary N) is 1. The molecule has 15 heavy (non-hydrogen) atoms. The van der Waals surface area contributed by atoms with E-state index < -0.39 is 0 Å². The van der Waals surface area contributed by atoms with Crippen LogP contribution in [0.25, 0.3) is 0 Å². The van der Waals surface area contributed by atoms with Crippen LogP contribution < -0.4 is 11.1 Å². The molecule has 3 nitrogen and oxygen atoms in total. The Balaban J connectivity index is 2.82. The SMILES string of the molecule is CSCC(C)Nc1cccc(C#N)c1N. The van der Waals surface area contributed by atoms with Gasteiger partial charge in [0.05, 0.1) is 16.9 Å². The van der Waals surface area contributed by atoms with Crippen LogP contribution in [-0.2, 0) is 0 Å². The fourth-order valence-electron chi connectivity index (χ4n) is 1.35. The van der Waals surface area contributed by atoms with Gasteiger partial charge in [-0.1, -0.05) is 6.07 Å². The molecule has 0 aliphatic heterocycles. The highest BCUT2D eigenvalue weighted by Crippen LogP contribution is 2.22. The summed E-state index contributed by atoms with van der Waals surface area (Å²) in [5.41, 5.74) is 7.75. The molecule has 0 bridgehead atoms. The molecule has 1 aromatic rings. The van der Waals surface area contributed by atoms with Crippen LogP contribution in [0.2, 0.25) is 0 Å². The summed E-state index contributed by atoms with van der Waals surface area (Å²) >= 11 is 1.78. The maximum atomic E-state index is 8.82. The Hall–Kier alpha value is -1.34. The predicted molar refractivity (Wildman–Crippen MR) is 67.0 cm³/mol. The highest BCUT2D eigenvalue weighted by Gasteiger charge is 2.06. The number of hydrogen-bond acceptors (Lipinski definition) is 4. The Labute approximate surface area is 94.7 Å². The first-order valence-corrected chi connectivity index (χ1v) is 6.12. The standard InChI is InChI=1S/C11H15N3S/c1-8(7-15-2)14-10-5-3-4-9(6-12)11(10)13/h3-5,8,14H,7,13H2,1-2H3. The van der Waals surface area contributed by atoms with Crippen LogP contribution in [0.5, 0.6) is 0 Å². The Morgan fingerprint density at radius 2 is 2.33 bits per heavy atom. The third-order valence-corrected chi connectivity index (χ3v) is 2.88. The van der Waals surface area contributed by atoms with Crippen molar-refractivity contribution in [1.82, 2.24) is 0 Å². The smallest absolute Gasteiger partial charge is 0.101 e. The van der Waals surface area contributed by atoms with Crippen LogP contribution >= 0.6 is 11.8 Å². The van der Waals surface area contributed by atoms with Gasteiger partial charge in [0.1, 0.15) is 6.07 Å². The number of benzene rings is 1. The molecular weight excluding hydrogens is 206 g/mol. The molecule has 0 heterocycles. The van der Waals surface area contributed by atoms with E-state index in [1.807, 2.05) is 12.1 Å². The zero-order valence-electron chi connectivity index (χ0n) is 8.95. The second kappa shape index (κ2) is 5.52. The van der Waals surface area contributed by atoms with E-state index in [1.165, 1.54) is 0 Å². The molecule has 0 aliphatic carbocycles. The normalized spacial score (nSPS) is 11.8. The average molecular weight is 221 g/mol. The summed E-state index contributed by atoms with van der Waals surface area (Å²) in [6.07, 6.45) is 2.06. The number of hydrogen-bond donors (Lipinski definition) is 2. The van der Waals surface area contributed by atoms with Crippen LogP contribution in [0.15, 0.2) is 18.2 Å². The molecule has 3 N–H and O–H groups in total. The Kier molecular flexibility index (Phi) is 4.32. The number of nitriles is 1. The third-order valence-electron chi connectivity index (χ3n) is 2.05. The van der Waals surface area contributed by atoms with Crippen LogP contribution in [0, 0.1) is 11.3 Å². The number of nitrogens with one attached hydrogen (secondary N) is 1. The largest absolute Gasteiger partial charge is 0.396 e. The van der Waals surface area contributed by atoms with E-state index in [4.69, 9.17) is 11.0 Å². The van der Waals surface area contributed by atoms with Crippen molar-refractivity contribution in [2.75, 3.05) is 23.1 Å². The minimum absolute atomic E-state index is 0.344. The molecule has 0 radical (unpaired) electrons. The molecule has 0 saturated carbocycles. The molecule has 0 amide bonds. The van der Waals surface area contributed by atoms with Crippen molar-refractivity contribution >= 4 is 23.1 Å². The zero-order valence-corrected chi connectivity index (χ0v) is 9.77. The summed E-state index contributed by atoms with van der Waals surface area (Å²) in [7, 11) is 0. The van der Waals surface area contributed by atoms with Gasteiger partial charge in [0.25, 0.3) is 0 Å². The van der Waals surface area contributed by atoms with E-state index in [9.17, 15) is 0 Å². The molecule has 0 spiro atoms. The number of thioether (sulfide) groups is 1. The summed E-state index contributed by atoms with van der Waals surface area (Å²) in [6, 6.07) is 7.87. The van der Waals surface area contributed by atoms with Gasteiger partial charge in [-0.05, 0) is 25.3 Å². The Morgan fingerprint density at radius 1 is 1.60 bits per heavy atom. The van der Waals surface area contributed by atoms with Crippen molar-refractivity contribution in [1.29, 1.82) is 5.26 Å². The van der Waals surface area contributed by atoms with Gasteiger partial charge in [-0.2, -0.15) is 17.0 Å². The van der Waals surface area contributed by atoms with E-state index in [0.29, 0.717) is 17.3 Å². The number of anilines is 2. The van der Waals surface area contributed by atoms with Gasteiger partial charge in [-0.3, -0.25) is 0 Å². The molecule has 0 saturated heterocycles. The van der Waals surface area contributed by atoms with Crippen LogP contribution in [-0.4, -0.2) is 18.1 Å². The minimum Gasteiger partial charge on any atom is -0.396 e. The van der Waals surface area contributed by atoms with Gasteiger partial charge in [0, 0.05) is 11.8 Å². The third kappa shape index (κ3) is 3.07. The van der Waals surface area contributed by atoms with Crippen LogP contribution in [0.4, 0.5) is 11.4 Å². The predicted octanol–water partition coefficient (Wildman–Crippen LogP) is 2.30.